The Labute approximate surface area is 346 Å². The molecule has 8 aromatic carbocycles. The summed E-state index contributed by atoms with van der Waals surface area (Å²) in [5.41, 5.74) is 8.74. The Morgan fingerprint density at radius 3 is 1.25 bits per heavy atom. The second-order valence-electron chi connectivity index (χ2n) is 14.1. The zero-order valence-corrected chi connectivity index (χ0v) is 32.9. The molecule has 0 amide bonds. The zero-order chi connectivity index (χ0) is 41.9. The SMILES string of the molecule is C=CC(=O)Oc1cccc2c(N(c3ccc(-c4ccc(N(c5ccc(F)cc5)c5ccc(F)cc5)c(C)c4)cc3C)c3cccc4c(OC(=O)C=C)cccc34)cccc12. The molecule has 8 aromatic rings. The Kier molecular flexibility index (Phi) is 10.8. The maximum absolute atomic E-state index is 14.0. The zero-order valence-electron chi connectivity index (χ0n) is 32.9. The van der Waals surface area contributed by atoms with E-state index in [4.69, 9.17) is 9.47 Å². The lowest BCUT2D eigenvalue weighted by atomic mass is 9.97. The number of carbonyl (C=O) groups is 2. The van der Waals surface area contributed by atoms with Crippen LogP contribution in [0.2, 0.25) is 0 Å². The van der Waals surface area contributed by atoms with Gasteiger partial charge in [0.1, 0.15) is 23.1 Å². The summed E-state index contributed by atoms with van der Waals surface area (Å²) < 4.78 is 39.3. The van der Waals surface area contributed by atoms with Crippen LogP contribution in [0.5, 0.6) is 11.5 Å². The monoisotopic (exact) mass is 792 g/mol. The summed E-state index contributed by atoms with van der Waals surface area (Å²) in [6.45, 7) is 11.2. The van der Waals surface area contributed by atoms with Gasteiger partial charge in [-0.25, -0.2) is 18.4 Å². The first-order valence-corrected chi connectivity index (χ1v) is 19.2. The van der Waals surface area contributed by atoms with E-state index in [1.165, 1.54) is 24.3 Å². The molecule has 0 aliphatic rings. The van der Waals surface area contributed by atoms with Gasteiger partial charge in [-0.1, -0.05) is 73.8 Å². The van der Waals surface area contributed by atoms with Crippen LogP contribution in [0.4, 0.5) is 42.9 Å². The van der Waals surface area contributed by atoms with Gasteiger partial charge < -0.3 is 19.3 Å². The number of anilines is 6. The second-order valence-corrected chi connectivity index (χ2v) is 14.1. The van der Waals surface area contributed by atoms with E-state index in [9.17, 15) is 18.4 Å². The Bertz CT molecular complexity index is 2810. The number of hydrogen-bond acceptors (Lipinski definition) is 6. The van der Waals surface area contributed by atoms with E-state index in [2.05, 4.69) is 49.2 Å². The Morgan fingerprint density at radius 1 is 0.467 bits per heavy atom. The molecule has 0 spiro atoms. The third-order valence-electron chi connectivity index (χ3n) is 10.3. The number of carbonyl (C=O) groups excluding carboxylic acids is 2. The van der Waals surface area contributed by atoms with Crippen molar-refractivity contribution >= 4 is 67.6 Å². The van der Waals surface area contributed by atoms with Crippen LogP contribution < -0.4 is 19.3 Å². The molecule has 0 heterocycles. The van der Waals surface area contributed by atoms with Crippen molar-refractivity contribution in [3.8, 4) is 22.6 Å². The lowest BCUT2D eigenvalue weighted by molar-refractivity contribution is -0.129. The molecule has 294 valence electrons. The third kappa shape index (κ3) is 7.62. The number of esters is 2. The number of benzene rings is 8. The van der Waals surface area contributed by atoms with Crippen molar-refractivity contribution in [3.63, 3.8) is 0 Å². The van der Waals surface area contributed by atoms with Crippen molar-refractivity contribution in [3.05, 3.63) is 206 Å². The van der Waals surface area contributed by atoms with Gasteiger partial charge in [-0.05, 0) is 133 Å². The first-order chi connectivity index (χ1) is 29.1. The summed E-state index contributed by atoms with van der Waals surface area (Å²) >= 11 is 0. The van der Waals surface area contributed by atoms with Gasteiger partial charge in [-0.2, -0.15) is 0 Å². The van der Waals surface area contributed by atoms with Crippen molar-refractivity contribution < 1.29 is 27.8 Å². The molecule has 8 heteroatoms. The van der Waals surface area contributed by atoms with Gasteiger partial charge in [0.2, 0.25) is 0 Å². The quantitative estimate of drug-likeness (QED) is 0.0738. The fourth-order valence-electron chi connectivity index (χ4n) is 7.57. The number of fused-ring (bicyclic) bond motifs is 2. The molecular weight excluding hydrogens is 755 g/mol. The topological polar surface area (TPSA) is 59.1 Å². The number of halogens is 2. The highest BCUT2D eigenvalue weighted by Gasteiger charge is 2.22. The van der Waals surface area contributed by atoms with Crippen molar-refractivity contribution in [2.75, 3.05) is 9.80 Å². The predicted octanol–water partition coefficient (Wildman–Crippen LogP) is 13.7. The Balaban J connectivity index is 1.26. The minimum atomic E-state index is -0.561. The molecule has 8 rings (SSSR count). The minimum absolute atomic E-state index is 0.347. The Hall–Kier alpha value is -7.84. The molecule has 0 aromatic heterocycles. The average molecular weight is 793 g/mol. The molecule has 0 fully saturated rings. The molecule has 6 nitrogen and oxygen atoms in total. The lowest BCUT2D eigenvalue weighted by Crippen LogP contribution is -2.13. The fourth-order valence-corrected chi connectivity index (χ4v) is 7.57. The number of rotatable bonds is 11. The van der Waals surface area contributed by atoms with Crippen molar-refractivity contribution in [2.24, 2.45) is 0 Å². The van der Waals surface area contributed by atoms with E-state index in [1.54, 1.807) is 36.4 Å². The fraction of sp³-hybridized carbons (Fsp3) is 0.0385. The molecule has 0 N–H and O–H groups in total. The number of ether oxygens (including phenoxy) is 2. The molecule has 0 atom stereocenters. The molecule has 0 bridgehead atoms. The van der Waals surface area contributed by atoms with Gasteiger partial charge >= 0.3 is 11.9 Å². The molecular formula is C52H38F2N2O4. The molecule has 0 radical (unpaired) electrons. The van der Waals surface area contributed by atoms with Crippen LogP contribution in [-0.2, 0) is 9.59 Å². The van der Waals surface area contributed by atoms with Gasteiger partial charge in [0.05, 0.1) is 11.4 Å². The van der Waals surface area contributed by atoms with Gasteiger partial charge in [0, 0.05) is 56.4 Å². The lowest BCUT2D eigenvalue weighted by Gasteiger charge is -2.30. The first kappa shape index (κ1) is 39.0. The highest BCUT2D eigenvalue weighted by atomic mass is 19.1. The van der Waals surface area contributed by atoms with Crippen LogP contribution in [0.25, 0.3) is 32.7 Å². The highest BCUT2D eigenvalue weighted by Crippen LogP contribution is 2.46. The Morgan fingerprint density at radius 2 is 0.850 bits per heavy atom. The van der Waals surface area contributed by atoms with Gasteiger partial charge in [-0.15, -0.1) is 0 Å². The molecule has 60 heavy (non-hydrogen) atoms. The average Bonchev–Trinajstić information content (AvgIpc) is 3.26. The van der Waals surface area contributed by atoms with E-state index in [0.29, 0.717) is 11.5 Å². The normalized spacial score (nSPS) is 10.9. The summed E-state index contributed by atoms with van der Waals surface area (Å²) in [7, 11) is 0. The summed E-state index contributed by atoms with van der Waals surface area (Å²) in [4.78, 5) is 28.9. The van der Waals surface area contributed by atoms with Crippen LogP contribution in [0.15, 0.2) is 183 Å². The summed E-state index contributed by atoms with van der Waals surface area (Å²) in [6, 6.07) is 47.8. The summed E-state index contributed by atoms with van der Waals surface area (Å²) in [5, 5.41) is 3.13. The van der Waals surface area contributed by atoms with Crippen LogP contribution >= 0.6 is 0 Å². The van der Waals surface area contributed by atoms with Gasteiger partial charge in [-0.3, -0.25) is 0 Å². The highest BCUT2D eigenvalue weighted by molar-refractivity contribution is 6.08. The molecule has 0 unspecified atom stereocenters. The maximum Gasteiger partial charge on any atom is 0.335 e. The number of nitrogens with zero attached hydrogens (tertiary/aromatic N) is 2. The second kappa shape index (κ2) is 16.6. The van der Waals surface area contributed by atoms with Crippen LogP contribution in [0, 0.1) is 25.5 Å². The third-order valence-corrected chi connectivity index (χ3v) is 10.3. The minimum Gasteiger partial charge on any atom is -0.423 e. The van der Waals surface area contributed by atoms with Crippen LogP contribution in [0.3, 0.4) is 0 Å². The van der Waals surface area contributed by atoms with E-state index in [1.807, 2.05) is 84.6 Å². The van der Waals surface area contributed by atoms with E-state index in [-0.39, 0.29) is 11.6 Å². The molecule has 0 saturated carbocycles. The van der Waals surface area contributed by atoms with Crippen molar-refractivity contribution in [2.45, 2.75) is 13.8 Å². The number of aryl methyl sites for hydroxylation is 2. The largest absolute Gasteiger partial charge is 0.423 e. The van der Waals surface area contributed by atoms with Gasteiger partial charge in [0.25, 0.3) is 0 Å². The standard InChI is InChI=1S/C52H38F2N2O4/c1-5-51(57)59-49-17-9-11-41-43(49)13-7-15-47(41)56(48-16-8-14-44-42(48)12-10-18-50(44)60-52(58)6-2)46-30-20-36(32-34(46)4)35-19-29-45(33(3)31-35)55(39-25-21-37(53)22-26-39)40-27-23-38(54)24-28-40/h5-32H,1-2H2,3-4H3. The molecule has 0 aliphatic carbocycles. The summed E-state index contributed by atoms with van der Waals surface area (Å²) in [5.74, 6) is -1.01. The maximum atomic E-state index is 14.0. The number of hydrogen-bond donors (Lipinski definition) is 0. The van der Waals surface area contributed by atoms with E-state index >= 15 is 0 Å². The van der Waals surface area contributed by atoms with Crippen LogP contribution in [-0.4, -0.2) is 11.9 Å². The predicted molar refractivity (Wildman–Crippen MR) is 237 cm³/mol. The van der Waals surface area contributed by atoms with Crippen molar-refractivity contribution in [1.82, 2.24) is 0 Å². The van der Waals surface area contributed by atoms with Gasteiger partial charge in [0.15, 0.2) is 0 Å². The molecule has 0 aliphatic heterocycles. The van der Waals surface area contributed by atoms with E-state index in [0.717, 1.165) is 90.1 Å². The van der Waals surface area contributed by atoms with Crippen LogP contribution in [0.1, 0.15) is 11.1 Å². The smallest absolute Gasteiger partial charge is 0.335 e. The van der Waals surface area contributed by atoms with E-state index < -0.39 is 11.9 Å². The van der Waals surface area contributed by atoms with Crippen molar-refractivity contribution in [1.29, 1.82) is 0 Å². The first-order valence-electron chi connectivity index (χ1n) is 19.2. The molecule has 0 saturated heterocycles. The summed E-state index contributed by atoms with van der Waals surface area (Å²) in [6.07, 6.45) is 2.27.